The van der Waals surface area contributed by atoms with Gasteiger partial charge in [-0.25, -0.2) is 4.39 Å². The number of fused-ring (bicyclic) bond motifs is 1. The molecule has 1 aliphatic heterocycles. The Bertz CT molecular complexity index is 595. The number of anilines is 3. The molecule has 0 saturated carbocycles. The Morgan fingerprint density at radius 3 is 2.68 bits per heavy atom. The van der Waals surface area contributed by atoms with Crippen LogP contribution in [0.5, 0.6) is 0 Å². The summed E-state index contributed by atoms with van der Waals surface area (Å²) < 4.78 is 13.2. The zero-order chi connectivity index (χ0) is 13.2. The molecule has 0 amide bonds. The van der Waals surface area contributed by atoms with Crippen LogP contribution in [-0.2, 0) is 6.42 Å². The number of nitrogens with zero attached hydrogens (tertiary/aromatic N) is 1. The second kappa shape index (κ2) is 4.92. The van der Waals surface area contributed by atoms with E-state index >= 15 is 0 Å². The molecule has 1 heterocycles. The minimum atomic E-state index is -0.288. The molecule has 0 atom stereocenters. The second-order valence-electron chi connectivity index (χ2n) is 4.94. The maximum atomic E-state index is 13.2. The van der Waals surface area contributed by atoms with Gasteiger partial charge in [0.2, 0.25) is 0 Å². The molecular formula is C16H17FN2. The molecule has 3 rings (SSSR count). The van der Waals surface area contributed by atoms with E-state index in [1.165, 1.54) is 29.8 Å². The summed E-state index contributed by atoms with van der Waals surface area (Å²) in [5, 5.41) is 0. The highest BCUT2D eigenvalue weighted by molar-refractivity contribution is 5.76. The number of para-hydroxylation sites is 1. The van der Waals surface area contributed by atoms with Gasteiger partial charge in [0, 0.05) is 12.2 Å². The molecule has 0 bridgehead atoms. The summed E-state index contributed by atoms with van der Waals surface area (Å²) in [7, 11) is 0. The average Bonchev–Trinajstić information content (AvgIpc) is 2.61. The molecular weight excluding hydrogens is 239 g/mol. The van der Waals surface area contributed by atoms with Crippen molar-refractivity contribution in [3.8, 4) is 0 Å². The van der Waals surface area contributed by atoms with Gasteiger partial charge in [0.15, 0.2) is 0 Å². The molecule has 98 valence electrons. The molecule has 0 fully saturated rings. The van der Waals surface area contributed by atoms with Crippen LogP contribution in [-0.4, -0.2) is 6.54 Å². The van der Waals surface area contributed by atoms with E-state index < -0.39 is 0 Å². The summed E-state index contributed by atoms with van der Waals surface area (Å²) in [4.78, 5) is 2.21. The maximum Gasteiger partial charge on any atom is 0.125 e. The number of hydrogen-bond donors (Lipinski definition) is 1. The van der Waals surface area contributed by atoms with E-state index in [1.807, 2.05) is 6.07 Å². The minimum absolute atomic E-state index is 0.288. The van der Waals surface area contributed by atoms with E-state index in [2.05, 4.69) is 23.1 Å². The first-order valence-electron chi connectivity index (χ1n) is 6.66. The van der Waals surface area contributed by atoms with Gasteiger partial charge in [0.05, 0.1) is 11.4 Å². The van der Waals surface area contributed by atoms with Crippen LogP contribution in [0.2, 0.25) is 0 Å². The van der Waals surface area contributed by atoms with Crippen molar-refractivity contribution in [2.24, 2.45) is 0 Å². The smallest absolute Gasteiger partial charge is 0.125 e. The number of halogens is 1. The zero-order valence-electron chi connectivity index (χ0n) is 10.8. The molecule has 2 aromatic carbocycles. The Hall–Kier alpha value is -2.03. The number of nitrogens with two attached hydrogens (primary N) is 1. The molecule has 0 aromatic heterocycles. The van der Waals surface area contributed by atoms with Crippen molar-refractivity contribution in [3.05, 3.63) is 53.8 Å². The van der Waals surface area contributed by atoms with E-state index in [1.54, 1.807) is 6.07 Å². The van der Waals surface area contributed by atoms with Crippen LogP contribution >= 0.6 is 0 Å². The van der Waals surface area contributed by atoms with Crippen LogP contribution < -0.4 is 10.6 Å². The maximum absolute atomic E-state index is 13.2. The van der Waals surface area contributed by atoms with E-state index in [0.29, 0.717) is 5.69 Å². The number of rotatable bonds is 1. The predicted octanol–water partition coefficient (Wildman–Crippen LogP) is 3.88. The third-order valence-electron chi connectivity index (χ3n) is 3.64. The number of hydrogen-bond acceptors (Lipinski definition) is 2. The summed E-state index contributed by atoms with van der Waals surface area (Å²) in [6, 6.07) is 13.0. The quantitative estimate of drug-likeness (QED) is 0.784. The van der Waals surface area contributed by atoms with Gasteiger partial charge in [0.25, 0.3) is 0 Å². The van der Waals surface area contributed by atoms with Crippen LogP contribution in [0.4, 0.5) is 21.5 Å². The molecule has 2 aromatic rings. The van der Waals surface area contributed by atoms with Gasteiger partial charge < -0.3 is 10.6 Å². The first kappa shape index (κ1) is 12.0. The van der Waals surface area contributed by atoms with Crippen molar-refractivity contribution in [2.45, 2.75) is 19.3 Å². The summed E-state index contributed by atoms with van der Waals surface area (Å²) in [5.41, 5.74) is 9.90. The molecule has 0 spiro atoms. The van der Waals surface area contributed by atoms with Crippen LogP contribution in [0.3, 0.4) is 0 Å². The lowest BCUT2D eigenvalue weighted by molar-refractivity contribution is 0.628. The Morgan fingerprint density at radius 1 is 1.00 bits per heavy atom. The zero-order valence-corrected chi connectivity index (χ0v) is 10.8. The first-order chi connectivity index (χ1) is 9.25. The highest BCUT2D eigenvalue weighted by Gasteiger charge is 2.18. The highest BCUT2D eigenvalue weighted by atomic mass is 19.1. The van der Waals surface area contributed by atoms with Gasteiger partial charge in [-0.15, -0.1) is 0 Å². The molecule has 2 nitrogen and oxygen atoms in total. The molecule has 0 unspecified atom stereocenters. The highest BCUT2D eigenvalue weighted by Crippen LogP contribution is 2.35. The molecule has 3 heteroatoms. The molecule has 0 radical (unpaired) electrons. The SMILES string of the molecule is Nc1cc(F)ccc1N1CCCCc2ccccc21. The van der Waals surface area contributed by atoms with Crippen molar-refractivity contribution in [2.75, 3.05) is 17.2 Å². The summed E-state index contributed by atoms with van der Waals surface area (Å²) >= 11 is 0. The molecule has 2 N–H and O–H groups in total. The molecule has 19 heavy (non-hydrogen) atoms. The van der Waals surface area contributed by atoms with Crippen molar-refractivity contribution >= 4 is 17.1 Å². The van der Waals surface area contributed by atoms with Gasteiger partial charge in [-0.2, -0.15) is 0 Å². The van der Waals surface area contributed by atoms with Crippen molar-refractivity contribution in [1.29, 1.82) is 0 Å². The fourth-order valence-corrected chi connectivity index (χ4v) is 2.71. The Balaban J connectivity index is 2.09. The van der Waals surface area contributed by atoms with Gasteiger partial charge >= 0.3 is 0 Å². The first-order valence-corrected chi connectivity index (χ1v) is 6.66. The number of nitrogen functional groups attached to an aromatic ring is 1. The third-order valence-corrected chi connectivity index (χ3v) is 3.64. The van der Waals surface area contributed by atoms with Crippen molar-refractivity contribution in [1.82, 2.24) is 0 Å². The summed E-state index contributed by atoms with van der Waals surface area (Å²) in [5.74, 6) is -0.288. The van der Waals surface area contributed by atoms with Crippen molar-refractivity contribution in [3.63, 3.8) is 0 Å². The predicted molar refractivity (Wildman–Crippen MR) is 77.2 cm³/mol. The third kappa shape index (κ3) is 2.28. The van der Waals surface area contributed by atoms with Gasteiger partial charge in [-0.05, 0) is 49.1 Å². The molecule has 0 aliphatic carbocycles. The van der Waals surface area contributed by atoms with E-state index in [9.17, 15) is 4.39 Å². The van der Waals surface area contributed by atoms with Crippen molar-refractivity contribution < 1.29 is 4.39 Å². The lowest BCUT2D eigenvalue weighted by Gasteiger charge is -2.26. The number of aryl methyl sites for hydroxylation is 1. The van der Waals surface area contributed by atoms with E-state index in [0.717, 1.165) is 25.1 Å². The lowest BCUT2D eigenvalue weighted by atomic mass is 10.1. The monoisotopic (exact) mass is 256 g/mol. The van der Waals surface area contributed by atoms with Crippen LogP contribution in [0.1, 0.15) is 18.4 Å². The number of benzene rings is 2. The Kier molecular flexibility index (Phi) is 3.11. The largest absolute Gasteiger partial charge is 0.397 e. The summed E-state index contributed by atoms with van der Waals surface area (Å²) in [6.45, 7) is 0.923. The van der Waals surface area contributed by atoms with Crippen LogP contribution in [0.25, 0.3) is 0 Å². The fraction of sp³-hybridized carbons (Fsp3) is 0.250. The average molecular weight is 256 g/mol. The van der Waals surface area contributed by atoms with E-state index in [-0.39, 0.29) is 5.82 Å². The lowest BCUT2D eigenvalue weighted by Crippen LogP contribution is -2.19. The van der Waals surface area contributed by atoms with Crippen LogP contribution in [0.15, 0.2) is 42.5 Å². The molecule has 0 saturated heterocycles. The van der Waals surface area contributed by atoms with Gasteiger partial charge in [-0.1, -0.05) is 18.2 Å². The van der Waals surface area contributed by atoms with Gasteiger partial charge in [-0.3, -0.25) is 0 Å². The van der Waals surface area contributed by atoms with E-state index in [4.69, 9.17) is 5.73 Å². The molecule has 1 aliphatic rings. The van der Waals surface area contributed by atoms with Gasteiger partial charge in [0.1, 0.15) is 5.82 Å². The Labute approximate surface area is 112 Å². The normalized spacial score (nSPS) is 14.9. The Morgan fingerprint density at radius 2 is 1.84 bits per heavy atom. The summed E-state index contributed by atoms with van der Waals surface area (Å²) in [6.07, 6.45) is 3.38. The topological polar surface area (TPSA) is 29.3 Å². The fourth-order valence-electron chi connectivity index (χ4n) is 2.71. The second-order valence-corrected chi connectivity index (χ2v) is 4.94. The minimum Gasteiger partial charge on any atom is -0.397 e. The standard InChI is InChI=1S/C16H17FN2/c17-13-8-9-16(14(18)11-13)19-10-4-3-6-12-5-1-2-7-15(12)19/h1-2,5,7-9,11H,3-4,6,10,18H2. The van der Waals surface area contributed by atoms with Crippen LogP contribution in [0, 0.1) is 5.82 Å².